The molecule has 0 aliphatic carbocycles. The maximum Gasteiger partial charge on any atom is 0.282 e. The largest absolute Gasteiger partial charge is 0.366 e. The molecule has 1 saturated heterocycles. The van der Waals surface area contributed by atoms with Crippen molar-refractivity contribution in [3.05, 3.63) is 21.0 Å². The molecule has 5 nitrogen and oxygen atoms in total. The Balaban J connectivity index is 2.33. The van der Waals surface area contributed by atoms with E-state index in [1.807, 2.05) is 0 Å². The Labute approximate surface area is 103 Å². The van der Waals surface area contributed by atoms with E-state index >= 15 is 0 Å². The number of nitrogens with zero attached hydrogens (tertiary/aromatic N) is 3. The van der Waals surface area contributed by atoms with Gasteiger partial charge in [0.05, 0.1) is 11.9 Å². The van der Waals surface area contributed by atoms with E-state index in [-0.39, 0.29) is 5.56 Å². The Morgan fingerprint density at radius 3 is 3.06 bits per heavy atom. The molecule has 0 aromatic carbocycles. The minimum atomic E-state index is -0.0938. The molecule has 1 atom stereocenters. The number of halogens is 1. The molecular formula is C10H15BrN4O. The number of nitrogens with one attached hydrogen (secondary N) is 1. The fourth-order valence-electron chi connectivity index (χ4n) is 1.87. The molecule has 1 N–H and O–H groups in total. The molecule has 1 unspecified atom stereocenters. The number of piperazine rings is 1. The van der Waals surface area contributed by atoms with Crippen molar-refractivity contribution in [3.63, 3.8) is 0 Å². The first-order valence-electron chi connectivity index (χ1n) is 5.29. The zero-order valence-electron chi connectivity index (χ0n) is 9.40. The first kappa shape index (κ1) is 11.6. The van der Waals surface area contributed by atoms with E-state index in [4.69, 9.17) is 0 Å². The summed E-state index contributed by atoms with van der Waals surface area (Å²) in [5, 5.41) is 7.42. The standard InChI is InChI=1S/C10H15BrN4O/c1-7-6-15(4-3-12-7)8-5-13-14(2)10(16)9(8)11/h5,7,12H,3-4,6H2,1-2H3. The molecule has 2 rings (SSSR count). The summed E-state index contributed by atoms with van der Waals surface area (Å²) in [6.07, 6.45) is 1.74. The molecule has 0 spiro atoms. The summed E-state index contributed by atoms with van der Waals surface area (Å²) >= 11 is 3.35. The van der Waals surface area contributed by atoms with E-state index in [1.54, 1.807) is 13.2 Å². The molecule has 1 fully saturated rings. The topological polar surface area (TPSA) is 50.2 Å². The summed E-state index contributed by atoms with van der Waals surface area (Å²) in [7, 11) is 1.65. The van der Waals surface area contributed by atoms with Crippen LogP contribution in [0.5, 0.6) is 0 Å². The minimum absolute atomic E-state index is 0.0938. The van der Waals surface area contributed by atoms with Gasteiger partial charge in [-0.2, -0.15) is 5.10 Å². The van der Waals surface area contributed by atoms with E-state index in [9.17, 15) is 4.79 Å². The molecule has 1 aromatic heterocycles. The van der Waals surface area contributed by atoms with E-state index in [2.05, 4.69) is 38.2 Å². The highest BCUT2D eigenvalue weighted by Gasteiger charge is 2.19. The van der Waals surface area contributed by atoms with Gasteiger partial charge in [0.2, 0.25) is 0 Å². The van der Waals surface area contributed by atoms with Gasteiger partial charge >= 0.3 is 0 Å². The normalized spacial score (nSPS) is 21.2. The predicted octanol–water partition coefficient (Wildman–Crippen LogP) is 0.341. The lowest BCUT2D eigenvalue weighted by molar-refractivity contribution is 0.483. The van der Waals surface area contributed by atoms with Gasteiger partial charge < -0.3 is 10.2 Å². The molecule has 0 amide bonds. The average Bonchev–Trinajstić information content (AvgIpc) is 2.26. The number of rotatable bonds is 1. The Hall–Kier alpha value is -0.880. The summed E-state index contributed by atoms with van der Waals surface area (Å²) < 4.78 is 1.93. The summed E-state index contributed by atoms with van der Waals surface area (Å²) in [4.78, 5) is 13.9. The van der Waals surface area contributed by atoms with Crippen LogP contribution in [-0.2, 0) is 7.05 Å². The van der Waals surface area contributed by atoms with Gasteiger partial charge in [0.25, 0.3) is 5.56 Å². The molecular weight excluding hydrogens is 272 g/mol. The Kier molecular flexibility index (Phi) is 3.30. The number of aromatic nitrogens is 2. The molecule has 1 aliphatic rings. The fraction of sp³-hybridized carbons (Fsp3) is 0.600. The van der Waals surface area contributed by atoms with Crippen molar-refractivity contribution in [3.8, 4) is 0 Å². The van der Waals surface area contributed by atoms with Crippen molar-refractivity contribution in [1.82, 2.24) is 15.1 Å². The Morgan fingerprint density at radius 2 is 2.38 bits per heavy atom. The lowest BCUT2D eigenvalue weighted by atomic mass is 10.2. The van der Waals surface area contributed by atoms with Gasteiger partial charge in [0, 0.05) is 32.7 Å². The summed E-state index contributed by atoms with van der Waals surface area (Å²) in [6.45, 7) is 4.86. The van der Waals surface area contributed by atoms with Crippen LogP contribution in [0.2, 0.25) is 0 Å². The second kappa shape index (κ2) is 4.55. The minimum Gasteiger partial charge on any atom is -0.366 e. The fourth-order valence-corrected chi connectivity index (χ4v) is 2.48. The summed E-state index contributed by atoms with van der Waals surface area (Å²) in [6, 6.07) is 0.435. The molecule has 88 valence electrons. The second-order valence-corrected chi connectivity index (χ2v) is 4.87. The summed E-state index contributed by atoms with van der Waals surface area (Å²) in [5.74, 6) is 0. The molecule has 0 saturated carbocycles. The number of aryl methyl sites for hydroxylation is 1. The zero-order chi connectivity index (χ0) is 11.7. The van der Waals surface area contributed by atoms with Crippen LogP contribution < -0.4 is 15.8 Å². The lowest BCUT2D eigenvalue weighted by Crippen LogP contribution is -2.49. The van der Waals surface area contributed by atoms with Crippen LogP contribution in [0.15, 0.2) is 15.5 Å². The van der Waals surface area contributed by atoms with Gasteiger partial charge in [0.1, 0.15) is 4.47 Å². The van der Waals surface area contributed by atoms with Gasteiger partial charge in [-0.15, -0.1) is 0 Å². The van der Waals surface area contributed by atoms with E-state index in [0.29, 0.717) is 10.5 Å². The molecule has 1 aromatic rings. The van der Waals surface area contributed by atoms with Crippen molar-refractivity contribution in [2.75, 3.05) is 24.5 Å². The highest BCUT2D eigenvalue weighted by Crippen LogP contribution is 2.22. The van der Waals surface area contributed by atoms with Crippen LogP contribution in [-0.4, -0.2) is 35.5 Å². The quantitative estimate of drug-likeness (QED) is 0.809. The Morgan fingerprint density at radius 1 is 1.62 bits per heavy atom. The molecule has 16 heavy (non-hydrogen) atoms. The van der Waals surface area contributed by atoms with Crippen molar-refractivity contribution in [1.29, 1.82) is 0 Å². The number of anilines is 1. The predicted molar refractivity (Wildman–Crippen MR) is 66.9 cm³/mol. The van der Waals surface area contributed by atoms with Crippen molar-refractivity contribution >= 4 is 21.6 Å². The van der Waals surface area contributed by atoms with Crippen molar-refractivity contribution in [2.24, 2.45) is 7.05 Å². The monoisotopic (exact) mass is 286 g/mol. The number of hydrogen-bond donors (Lipinski definition) is 1. The molecule has 0 radical (unpaired) electrons. The van der Waals surface area contributed by atoms with Crippen LogP contribution in [0, 0.1) is 0 Å². The molecule has 2 heterocycles. The van der Waals surface area contributed by atoms with Crippen LogP contribution in [0.1, 0.15) is 6.92 Å². The van der Waals surface area contributed by atoms with Gasteiger partial charge in [-0.05, 0) is 22.9 Å². The van der Waals surface area contributed by atoms with Crippen LogP contribution in [0.3, 0.4) is 0 Å². The third-order valence-corrected chi connectivity index (χ3v) is 3.51. The highest BCUT2D eigenvalue weighted by molar-refractivity contribution is 9.10. The third kappa shape index (κ3) is 2.12. The van der Waals surface area contributed by atoms with E-state index in [0.717, 1.165) is 25.3 Å². The lowest BCUT2D eigenvalue weighted by Gasteiger charge is -2.33. The Bertz CT molecular complexity index is 445. The van der Waals surface area contributed by atoms with Gasteiger partial charge in [-0.25, -0.2) is 4.68 Å². The maximum atomic E-state index is 11.7. The highest BCUT2D eigenvalue weighted by atomic mass is 79.9. The van der Waals surface area contributed by atoms with E-state index in [1.165, 1.54) is 4.68 Å². The molecule has 1 aliphatic heterocycles. The van der Waals surface area contributed by atoms with Crippen LogP contribution >= 0.6 is 15.9 Å². The summed E-state index contributed by atoms with van der Waals surface area (Å²) in [5.41, 5.74) is 0.792. The third-order valence-electron chi connectivity index (χ3n) is 2.77. The first-order valence-corrected chi connectivity index (χ1v) is 6.09. The zero-order valence-corrected chi connectivity index (χ0v) is 11.0. The molecule has 6 heteroatoms. The van der Waals surface area contributed by atoms with Gasteiger partial charge in [-0.3, -0.25) is 4.79 Å². The van der Waals surface area contributed by atoms with Crippen molar-refractivity contribution < 1.29 is 0 Å². The van der Waals surface area contributed by atoms with Gasteiger partial charge in [0.15, 0.2) is 0 Å². The first-order chi connectivity index (χ1) is 7.59. The van der Waals surface area contributed by atoms with Gasteiger partial charge in [-0.1, -0.05) is 0 Å². The molecule has 0 bridgehead atoms. The second-order valence-electron chi connectivity index (χ2n) is 4.07. The SMILES string of the molecule is CC1CN(c2cnn(C)c(=O)c2Br)CCN1. The number of hydrogen-bond acceptors (Lipinski definition) is 4. The van der Waals surface area contributed by atoms with Crippen molar-refractivity contribution in [2.45, 2.75) is 13.0 Å². The van der Waals surface area contributed by atoms with Crippen LogP contribution in [0.25, 0.3) is 0 Å². The van der Waals surface area contributed by atoms with Crippen LogP contribution in [0.4, 0.5) is 5.69 Å². The maximum absolute atomic E-state index is 11.7. The van der Waals surface area contributed by atoms with E-state index < -0.39 is 0 Å². The smallest absolute Gasteiger partial charge is 0.282 e. The average molecular weight is 287 g/mol.